The molecular formula is C15H27N3O2. The second-order valence-corrected chi connectivity index (χ2v) is 6.36. The molecule has 1 aliphatic carbocycles. The summed E-state index contributed by atoms with van der Waals surface area (Å²) < 4.78 is 0. The van der Waals surface area contributed by atoms with E-state index in [1.165, 1.54) is 0 Å². The van der Waals surface area contributed by atoms with Crippen molar-refractivity contribution in [2.45, 2.75) is 58.0 Å². The third-order valence-corrected chi connectivity index (χ3v) is 4.89. The summed E-state index contributed by atoms with van der Waals surface area (Å²) in [5, 5.41) is 2.94. The summed E-state index contributed by atoms with van der Waals surface area (Å²) in [6.45, 7) is 5.16. The van der Waals surface area contributed by atoms with E-state index in [1.807, 2.05) is 4.90 Å². The predicted molar refractivity (Wildman–Crippen MR) is 77.9 cm³/mol. The molecule has 2 amide bonds. The van der Waals surface area contributed by atoms with Crippen LogP contribution in [0.3, 0.4) is 0 Å². The van der Waals surface area contributed by atoms with Crippen LogP contribution < -0.4 is 11.1 Å². The van der Waals surface area contributed by atoms with Gasteiger partial charge < -0.3 is 16.0 Å². The Balaban J connectivity index is 1.86. The fourth-order valence-corrected chi connectivity index (χ4v) is 3.51. The zero-order chi connectivity index (χ0) is 14.7. The summed E-state index contributed by atoms with van der Waals surface area (Å²) in [7, 11) is 0. The summed E-state index contributed by atoms with van der Waals surface area (Å²) in [5.41, 5.74) is 6.09. The van der Waals surface area contributed by atoms with Crippen LogP contribution in [0.2, 0.25) is 0 Å². The van der Waals surface area contributed by atoms with Crippen LogP contribution >= 0.6 is 0 Å². The molecule has 5 nitrogen and oxygen atoms in total. The summed E-state index contributed by atoms with van der Waals surface area (Å²) in [5.74, 6) is 0.663. The fraction of sp³-hybridized carbons (Fsp3) is 0.867. The molecule has 1 saturated heterocycles. The lowest BCUT2D eigenvalue weighted by Crippen LogP contribution is -2.50. The van der Waals surface area contributed by atoms with Crippen molar-refractivity contribution >= 4 is 11.8 Å². The van der Waals surface area contributed by atoms with Crippen LogP contribution in [0.5, 0.6) is 0 Å². The van der Waals surface area contributed by atoms with Crippen molar-refractivity contribution in [2.75, 3.05) is 13.1 Å². The molecule has 0 spiro atoms. The first-order chi connectivity index (χ1) is 9.49. The van der Waals surface area contributed by atoms with E-state index in [-0.39, 0.29) is 35.7 Å². The number of piperidine rings is 1. The molecule has 1 heterocycles. The Morgan fingerprint density at radius 3 is 2.40 bits per heavy atom. The van der Waals surface area contributed by atoms with Gasteiger partial charge in [0, 0.05) is 38.0 Å². The number of nitrogens with two attached hydrogens (primary N) is 1. The summed E-state index contributed by atoms with van der Waals surface area (Å²) in [4.78, 5) is 25.6. The van der Waals surface area contributed by atoms with Crippen LogP contribution in [0, 0.1) is 11.8 Å². The SMILES string of the molecule is CC(=O)NC1CCN(C(=O)C2CCCC(N)C2C)CC1. The lowest BCUT2D eigenvalue weighted by molar-refractivity contribution is -0.139. The Kier molecular flexibility index (Phi) is 5.02. The fourth-order valence-electron chi connectivity index (χ4n) is 3.51. The van der Waals surface area contributed by atoms with Crippen molar-refractivity contribution in [3.05, 3.63) is 0 Å². The van der Waals surface area contributed by atoms with Crippen molar-refractivity contribution in [1.29, 1.82) is 0 Å². The van der Waals surface area contributed by atoms with Gasteiger partial charge in [-0.05, 0) is 31.6 Å². The molecule has 1 saturated carbocycles. The van der Waals surface area contributed by atoms with Gasteiger partial charge in [0.1, 0.15) is 0 Å². The van der Waals surface area contributed by atoms with Crippen LogP contribution in [0.15, 0.2) is 0 Å². The van der Waals surface area contributed by atoms with Crippen LogP contribution in [0.25, 0.3) is 0 Å². The van der Waals surface area contributed by atoms with E-state index in [9.17, 15) is 9.59 Å². The molecule has 2 rings (SSSR count). The van der Waals surface area contributed by atoms with Gasteiger partial charge in [-0.3, -0.25) is 9.59 Å². The average Bonchev–Trinajstić information content (AvgIpc) is 2.41. The Morgan fingerprint density at radius 1 is 1.15 bits per heavy atom. The molecule has 3 atom stereocenters. The maximum absolute atomic E-state index is 12.6. The van der Waals surface area contributed by atoms with Gasteiger partial charge in [-0.15, -0.1) is 0 Å². The molecule has 0 aromatic heterocycles. The Labute approximate surface area is 121 Å². The normalized spacial score (nSPS) is 31.9. The molecule has 3 unspecified atom stereocenters. The summed E-state index contributed by atoms with van der Waals surface area (Å²) in [6, 6.07) is 0.386. The van der Waals surface area contributed by atoms with Gasteiger partial charge in [0.25, 0.3) is 0 Å². The third kappa shape index (κ3) is 3.51. The number of likely N-dealkylation sites (tertiary alicyclic amines) is 1. The van der Waals surface area contributed by atoms with Gasteiger partial charge in [-0.25, -0.2) is 0 Å². The van der Waals surface area contributed by atoms with Gasteiger partial charge in [-0.2, -0.15) is 0 Å². The number of nitrogens with zero attached hydrogens (tertiary/aromatic N) is 1. The minimum absolute atomic E-state index is 0.0154. The molecule has 0 bridgehead atoms. The standard InChI is InChI=1S/C15H27N3O2/c1-10-13(4-3-5-14(10)16)15(20)18-8-6-12(7-9-18)17-11(2)19/h10,12-14H,3-9,16H2,1-2H3,(H,17,19). The molecule has 114 valence electrons. The molecule has 1 aliphatic heterocycles. The lowest BCUT2D eigenvalue weighted by Gasteiger charge is -2.39. The predicted octanol–water partition coefficient (Wildman–Crippen LogP) is 0.877. The van der Waals surface area contributed by atoms with E-state index < -0.39 is 0 Å². The first kappa shape index (κ1) is 15.3. The van der Waals surface area contributed by atoms with Crippen molar-refractivity contribution < 1.29 is 9.59 Å². The largest absolute Gasteiger partial charge is 0.353 e. The highest BCUT2D eigenvalue weighted by Gasteiger charge is 2.36. The van der Waals surface area contributed by atoms with E-state index >= 15 is 0 Å². The third-order valence-electron chi connectivity index (χ3n) is 4.89. The zero-order valence-electron chi connectivity index (χ0n) is 12.6. The number of carbonyl (C=O) groups is 2. The van der Waals surface area contributed by atoms with E-state index in [2.05, 4.69) is 12.2 Å². The molecule has 0 radical (unpaired) electrons. The van der Waals surface area contributed by atoms with E-state index in [0.717, 1.165) is 45.2 Å². The van der Waals surface area contributed by atoms with E-state index in [4.69, 9.17) is 5.73 Å². The summed E-state index contributed by atoms with van der Waals surface area (Å²) in [6.07, 6.45) is 4.79. The molecule has 20 heavy (non-hydrogen) atoms. The minimum Gasteiger partial charge on any atom is -0.353 e. The molecule has 0 aromatic rings. The van der Waals surface area contributed by atoms with E-state index in [0.29, 0.717) is 0 Å². The maximum atomic E-state index is 12.6. The number of rotatable bonds is 2. The smallest absolute Gasteiger partial charge is 0.226 e. The van der Waals surface area contributed by atoms with Crippen molar-refractivity contribution in [3.8, 4) is 0 Å². The minimum atomic E-state index is 0.0154. The van der Waals surface area contributed by atoms with Gasteiger partial charge >= 0.3 is 0 Å². The topological polar surface area (TPSA) is 75.4 Å². The highest BCUT2D eigenvalue weighted by molar-refractivity contribution is 5.79. The van der Waals surface area contributed by atoms with Crippen molar-refractivity contribution in [2.24, 2.45) is 17.6 Å². The Morgan fingerprint density at radius 2 is 1.80 bits per heavy atom. The van der Waals surface area contributed by atoms with Crippen molar-refractivity contribution in [3.63, 3.8) is 0 Å². The zero-order valence-corrected chi connectivity index (χ0v) is 12.6. The molecule has 2 fully saturated rings. The average molecular weight is 281 g/mol. The summed E-state index contributed by atoms with van der Waals surface area (Å²) >= 11 is 0. The van der Waals surface area contributed by atoms with Crippen LogP contribution in [-0.4, -0.2) is 41.9 Å². The van der Waals surface area contributed by atoms with Crippen LogP contribution in [0.4, 0.5) is 0 Å². The number of amides is 2. The van der Waals surface area contributed by atoms with Crippen molar-refractivity contribution in [1.82, 2.24) is 10.2 Å². The van der Waals surface area contributed by atoms with Gasteiger partial charge in [0.05, 0.1) is 0 Å². The van der Waals surface area contributed by atoms with Gasteiger partial charge in [0.2, 0.25) is 11.8 Å². The lowest BCUT2D eigenvalue weighted by atomic mass is 9.76. The number of hydrogen-bond acceptors (Lipinski definition) is 3. The van der Waals surface area contributed by atoms with Gasteiger partial charge in [-0.1, -0.05) is 13.3 Å². The number of hydrogen-bond donors (Lipinski definition) is 2. The monoisotopic (exact) mass is 281 g/mol. The Bertz CT molecular complexity index is 364. The maximum Gasteiger partial charge on any atom is 0.226 e. The molecular weight excluding hydrogens is 254 g/mol. The molecule has 0 aromatic carbocycles. The Hall–Kier alpha value is -1.10. The van der Waals surface area contributed by atoms with E-state index in [1.54, 1.807) is 6.92 Å². The molecule has 2 aliphatic rings. The molecule has 5 heteroatoms. The second-order valence-electron chi connectivity index (χ2n) is 6.36. The first-order valence-corrected chi connectivity index (χ1v) is 7.80. The number of carbonyl (C=O) groups excluding carboxylic acids is 2. The molecule has 3 N–H and O–H groups in total. The second kappa shape index (κ2) is 6.57. The first-order valence-electron chi connectivity index (χ1n) is 7.80. The quantitative estimate of drug-likeness (QED) is 0.789. The highest BCUT2D eigenvalue weighted by atomic mass is 16.2. The number of nitrogens with one attached hydrogen (secondary N) is 1. The van der Waals surface area contributed by atoms with Crippen LogP contribution in [0.1, 0.15) is 46.0 Å². The highest BCUT2D eigenvalue weighted by Crippen LogP contribution is 2.31. The van der Waals surface area contributed by atoms with Crippen LogP contribution in [-0.2, 0) is 9.59 Å². The van der Waals surface area contributed by atoms with Gasteiger partial charge in [0.15, 0.2) is 0 Å².